The van der Waals surface area contributed by atoms with E-state index in [1.165, 1.54) is 32.1 Å². The fraction of sp³-hybridized carbons (Fsp3) is 0.900. The maximum atomic E-state index is 11.1. The van der Waals surface area contributed by atoms with Gasteiger partial charge in [0.2, 0.25) is 0 Å². The number of carbonyl (C=O) groups is 1. The second-order valence-electron chi connectivity index (χ2n) is 4.15. The van der Waals surface area contributed by atoms with Crippen molar-refractivity contribution in [2.45, 2.75) is 38.1 Å². The second-order valence-corrected chi connectivity index (χ2v) is 4.15. The summed E-state index contributed by atoms with van der Waals surface area (Å²) in [6, 6.07) is 0.354. The SMILES string of the molecule is CN1C(=O)OCC1C1CCCCC1. The molecule has 0 spiro atoms. The Kier molecular flexibility index (Phi) is 2.42. The number of ether oxygens (including phenoxy) is 1. The zero-order chi connectivity index (χ0) is 9.26. The quantitative estimate of drug-likeness (QED) is 0.622. The number of amides is 1. The Balaban J connectivity index is 1.95. The average molecular weight is 183 g/mol. The van der Waals surface area contributed by atoms with Crippen molar-refractivity contribution < 1.29 is 9.53 Å². The maximum absolute atomic E-state index is 11.1. The minimum Gasteiger partial charge on any atom is -0.447 e. The Hall–Kier alpha value is -0.730. The summed E-state index contributed by atoms with van der Waals surface area (Å²) in [4.78, 5) is 12.9. The summed E-state index contributed by atoms with van der Waals surface area (Å²) in [5, 5.41) is 0. The van der Waals surface area contributed by atoms with E-state index < -0.39 is 0 Å². The number of rotatable bonds is 1. The number of carbonyl (C=O) groups excluding carboxylic acids is 1. The zero-order valence-corrected chi connectivity index (χ0v) is 8.16. The molecule has 0 radical (unpaired) electrons. The van der Waals surface area contributed by atoms with Gasteiger partial charge < -0.3 is 9.64 Å². The van der Waals surface area contributed by atoms with Crippen LogP contribution >= 0.6 is 0 Å². The molecule has 74 valence electrons. The van der Waals surface area contributed by atoms with Gasteiger partial charge in [0, 0.05) is 7.05 Å². The van der Waals surface area contributed by atoms with Crippen LogP contribution < -0.4 is 0 Å². The van der Waals surface area contributed by atoms with E-state index in [2.05, 4.69) is 0 Å². The number of likely N-dealkylation sites (N-methyl/N-ethyl adjacent to an activating group) is 1. The third-order valence-corrected chi connectivity index (χ3v) is 3.36. The van der Waals surface area contributed by atoms with Gasteiger partial charge in [-0.3, -0.25) is 0 Å². The molecule has 1 heterocycles. The molecule has 1 aliphatic heterocycles. The molecule has 1 atom stereocenters. The monoisotopic (exact) mass is 183 g/mol. The Labute approximate surface area is 79.0 Å². The molecule has 1 aliphatic carbocycles. The summed E-state index contributed by atoms with van der Waals surface area (Å²) in [5.74, 6) is 0.685. The highest BCUT2D eigenvalue weighted by Gasteiger charge is 2.35. The molecule has 1 saturated heterocycles. The van der Waals surface area contributed by atoms with Gasteiger partial charge in [-0.2, -0.15) is 0 Å². The van der Waals surface area contributed by atoms with Crippen molar-refractivity contribution >= 4 is 6.09 Å². The minimum absolute atomic E-state index is 0.143. The van der Waals surface area contributed by atoms with Crippen molar-refractivity contribution in [3.63, 3.8) is 0 Å². The van der Waals surface area contributed by atoms with Crippen molar-refractivity contribution in [2.75, 3.05) is 13.7 Å². The Morgan fingerprint density at radius 1 is 1.31 bits per heavy atom. The number of nitrogens with zero attached hydrogens (tertiary/aromatic N) is 1. The first-order chi connectivity index (χ1) is 6.29. The van der Waals surface area contributed by atoms with E-state index in [1.807, 2.05) is 7.05 Å². The predicted octanol–water partition coefficient (Wildman–Crippen LogP) is 2.02. The van der Waals surface area contributed by atoms with E-state index in [0.29, 0.717) is 18.6 Å². The Morgan fingerprint density at radius 2 is 2.00 bits per heavy atom. The van der Waals surface area contributed by atoms with Gasteiger partial charge in [-0.1, -0.05) is 19.3 Å². The van der Waals surface area contributed by atoms with Gasteiger partial charge in [-0.15, -0.1) is 0 Å². The van der Waals surface area contributed by atoms with Crippen LogP contribution in [0.3, 0.4) is 0 Å². The number of hydrogen-bond acceptors (Lipinski definition) is 2. The fourth-order valence-corrected chi connectivity index (χ4v) is 2.48. The predicted molar refractivity (Wildman–Crippen MR) is 49.5 cm³/mol. The first kappa shape index (κ1) is 8.85. The molecule has 3 nitrogen and oxygen atoms in total. The molecule has 1 unspecified atom stereocenters. The van der Waals surface area contributed by atoms with Gasteiger partial charge in [0.15, 0.2) is 0 Å². The van der Waals surface area contributed by atoms with Crippen LogP contribution in [0.4, 0.5) is 4.79 Å². The van der Waals surface area contributed by atoms with Crippen molar-refractivity contribution in [1.29, 1.82) is 0 Å². The molecule has 1 amide bonds. The molecule has 1 saturated carbocycles. The van der Waals surface area contributed by atoms with Gasteiger partial charge in [0.25, 0.3) is 0 Å². The van der Waals surface area contributed by atoms with Gasteiger partial charge in [-0.25, -0.2) is 4.79 Å². The van der Waals surface area contributed by atoms with E-state index in [9.17, 15) is 4.79 Å². The van der Waals surface area contributed by atoms with Gasteiger partial charge in [0.1, 0.15) is 6.61 Å². The first-order valence-corrected chi connectivity index (χ1v) is 5.18. The molecule has 0 N–H and O–H groups in total. The zero-order valence-electron chi connectivity index (χ0n) is 8.16. The maximum Gasteiger partial charge on any atom is 0.409 e. The highest BCUT2D eigenvalue weighted by Crippen LogP contribution is 2.30. The van der Waals surface area contributed by atoms with Gasteiger partial charge in [-0.05, 0) is 18.8 Å². The summed E-state index contributed by atoms with van der Waals surface area (Å²) >= 11 is 0. The van der Waals surface area contributed by atoms with Crippen LogP contribution in [0.25, 0.3) is 0 Å². The molecule has 2 aliphatic rings. The highest BCUT2D eigenvalue weighted by atomic mass is 16.6. The molecule has 2 fully saturated rings. The summed E-state index contributed by atoms with van der Waals surface area (Å²) in [6.07, 6.45) is 6.40. The Bertz CT molecular complexity index is 199. The smallest absolute Gasteiger partial charge is 0.409 e. The average Bonchev–Trinajstić information content (AvgIpc) is 2.49. The first-order valence-electron chi connectivity index (χ1n) is 5.18. The van der Waals surface area contributed by atoms with Crippen LogP contribution in [0.2, 0.25) is 0 Å². The molecular weight excluding hydrogens is 166 g/mol. The largest absolute Gasteiger partial charge is 0.447 e. The fourth-order valence-electron chi connectivity index (χ4n) is 2.48. The van der Waals surface area contributed by atoms with Crippen molar-refractivity contribution in [2.24, 2.45) is 5.92 Å². The summed E-state index contributed by atoms with van der Waals surface area (Å²) in [7, 11) is 1.86. The topological polar surface area (TPSA) is 29.5 Å². The van der Waals surface area contributed by atoms with E-state index in [4.69, 9.17) is 4.74 Å². The minimum atomic E-state index is -0.143. The van der Waals surface area contributed by atoms with E-state index in [0.717, 1.165) is 0 Å². The van der Waals surface area contributed by atoms with E-state index >= 15 is 0 Å². The molecule has 0 aromatic rings. The van der Waals surface area contributed by atoms with Crippen molar-refractivity contribution in [3.8, 4) is 0 Å². The number of cyclic esters (lactones) is 1. The molecular formula is C10H17NO2. The van der Waals surface area contributed by atoms with Crippen LogP contribution in [-0.4, -0.2) is 30.7 Å². The molecule has 2 rings (SSSR count). The van der Waals surface area contributed by atoms with Crippen molar-refractivity contribution in [3.05, 3.63) is 0 Å². The lowest BCUT2D eigenvalue weighted by atomic mass is 9.84. The van der Waals surface area contributed by atoms with Crippen LogP contribution in [-0.2, 0) is 4.74 Å². The van der Waals surface area contributed by atoms with Crippen LogP contribution in [0.15, 0.2) is 0 Å². The lowest BCUT2D eigenvalue weighted by Gasteiger charge is -2.29. The number of hydrogen-bond donors (Lipinski definition) is 0. The van der Waals surface area contributed by atoms with Gasteiger partial charge in [0.05, 0.1) is 6.04 Å². The molecule has 0 bridgehead atoms. The van der Waals surface area contributed by atoms with E-state index in [-0.39, 0.29) is 6.09 Å². The normalized spacial score (nSPS) is 30.7. The molecule has 0 aromatic carbocycles. The van der Waals surface area contributed by atoms with Crippen molar-refractivity contribution in [1.82, 2.24) is 4.90 Å². The Morgan fingerprint density at radius 3 is 2.54 bits per heavy atom. The second kappa shape index (κ2) is 3.56. The molecule has 0 aromatic heterocycles. The lowest BCUT2D eigenvalue weighted by molar-refractivity contribution is 0.162. The third kappa shape index (κ3) is 1.64. The lowest BCUT2D eigenvalue weighted by Crippen LogP contribution is -2.36. The molecule has 13 heavy (non-hydrogen) atoms. The van der Waals surface area contributed by atoms with E-state index in [1.54, 1.807) is 4.90 Å². The van der Waals surface area contributed by atoms with Gasteiger partial charge >= 0.3 is 6.09 Å². The van der Waals surface area contributed by atoms with Crippen LogP contribution in [0, 0.1) is 5.92 Å². The highest BCUT2D eigenvalue weighted by molar-refractivity contribution is 5.69. The summed E-state index contributed by atoms with van der Waals surface area (Å²) in [6.45, 7) is 0.611. The van der Waals surface area contributed by atoms with Crippen LogP contribution in [0.5, 0.6) is 0 Å². The third-order valence-electron chi connectivity index (χ3n) is 3.36. The summed E-state index contributed by atoms with van der Waals surface area (Å²) in [5.41, 5.74) is 0. The summed E-state index contributed by atoms with van der Waals surface area (Å²) < 4.78 is 5.02. The van der Waals surface area contributed by atoms with Crippen LogP contribution in [0.1, 0.15) is 32.1 Å². The standard InChI is InChI=1S/C10H17NO2/c1-11-9(7-13-10(11)12)8-5-3-2-4-6-8/h8-9H,2-7H2,1H3. The molecule has 3 heteroatoms.